The molecule has 0 saturated carbocycles. The van der Waals surface area contributed by atoms with Gasteiger partial charge in [-0.1, -0.05) is 24.3 Å². The van der Waals surface area contributed by atoms with Crippen LogP contribution in [0.5, 0.6) is 0 Å². The number of anilines is 1. The van der Waals surface area contributed by atoms with Gasteiger partial charge in [0.25, 0.3) is 5.56 Å². The number of ether oxygens (including phenoxy) is 2. The minimum absolute atomic E-state index is 0. The van der Waals surface area contributed by atoms with Gasteiger partial charge in [-0.25, -0.2) is 4.79 Å². The monoisotopic (exact) mass is 542 g/mol. The van der Waals surface area contributed by atoms with Gasteiger partial charge in [0.05, 0.1) is 24.5 Å². The number of hydrogen-bond acceptors (Lipinski definition) is 8. The average molecular weight is 542 g/mol. The van der Waals surface area contributed by atoms with Crippen LogP contribution in [0.15, 0.2) is 53.3 Å². The molecule has 194 valence electrons. The van der Waals surface area contributed by atoms with Crippen LogP contribution in [0, 0.1) is 0 Å². The van der Waals surface area contributed by atoms with Gasteiger partial charge in [-0.15, -0.1) is 0 Å². The molecule has 10 nitrogen and oxygen atoms in total. The molecule has 1 aromatic heterocycles. The Balaban J connectivity index is 0.00000400. The molecule has 2 atom stereocenters. The smallest absolute Gasteiger partial charge is 0.547 e. The molecule has 2 heterocycles. The van der Waals surface area contributed by atoms with Crippen molar-refractivity contribution in [3.05, 3.63) is 64.4 Å². The normalized spacial score (nSPS) is 16.1. The van der Waals surface area contributed by atoms with Gasteiger partial charge in [-0.05, 0) is 29.7 Å². The maximum absolute atomic E-state index is 13.4. The third kappa shape index (κ3) is 6.35. The summed E-state index contributed by atoms with van der Waals surface area (Å²) in [5, 5.41) is 20.1. The molecule has 14 heteroatoms. The van der Waals surface area contributed by atoms with Crippen LogP contribution in [0.25, 0.3) is 22.0 Å². The zero-order valence-corrected chi connectivity index (χ0v) is 21.8. The Labute approximate surface area is 234 Å². The molecule has 3 aromatic rings. The number of carboxylic acid groups (broad SMARTS) is 1. The van der Waals surface area contributed by atoms with Gasteiger partial charge in [-0.2, -0.15) is 13.2 Å². The van der Waals surface area contributed by atoms with Crippen molar-refractivity contribution in [3.63, 3.8) is 0 Å². The van der Waals surface area contributed by atoms with E-state index in [0.29, 0.717) is 5.39 Å². The first kappa shape index (κ1) is 29.2. The zero-order chi connectivity index (χ0) is 26.9. The molecular weight excluding hydrogens is 524 g/mol. The van der Waals surface area contributed by atoms with Crippen LogP contribution in [0.1, 0.15) is 12.0 Å². The first-order chi connectivity index (χ1) is 17.4. The van der Waals surface area contributed by atoms with E-state index in [1.54, 1.807) is 0 Å². The largest absolute Gasteiger partial charge is 1.00 e. The van der Waals surface area contributed by atoms with E-state index in [1.807, 2.05) is 0 Å². The van der Waals surface area contributed by atoms with Crippen molar-refractivity contribution in [1.82, 2.24) is 4.98 Å². The fourth-order valence-corrected chi connectivity index (χ4v) is 3.83. The van der Waals surface area contributed by atoms with E-state index in [4.69, 9.17) is 14.6 Å². The summed E-state index contributed by atoms with van der Waals surface area (Å²) < 4.78 is 50.2. The Morgan fingerprint density at radius 1 is 1.18 bits per heavy atom. The molecule has 1 aliphatic heterocycles. The van der Waals surface area contributed by atoms with Gasteiger partial charge in [0, 0.05) is 22.3 Å². The molecule has 1 fully saturated rings. The first-order valence-corrected chi connectivity index (χ1v) is 10.8. The summed E-state index contributed by atoms with van der Waals surface area (Å²) in [5.41, 5.74) is -1.53. The standard InChI is InChI=1S/C24H19F3N2O8.Na/c25-24(26,27)17-4-2-1-3-15(17)18-7-12-5-6-13(8-16(12)21(32)28-18)29-10-14(37-23(29)35)11-36-20(31)9-19(30)22(33)34;/h1-8,14,19,30H,9-11H2,(H,28,32)(H,33,34);/q;+1/p-1/t14-,19-;/m0./s1. The Kier molecular flexibility index (Phi) is 8.87. The van der Waals surface area contributed by atoms with Gasteiger partial charge < -0.3 is 29.5 Å². The fraction of sp³-hybridized carbons (Fsp3) is 0.250. The summed E-state index contributed by atoms with van der Waals surface area (Å²) in [6.07, 6.45) is -9.21. The Hall–Kier alpha value is -3.39. The summed E-state index contributed by atoms with van der Waals surface area (Å²) in [6.45, 7) is -0.480. The molecule has 0 aliphatic carbocycles. The molecule has 0 spiro atoms. The van der Waals surface area contributed by atoms with E-state index in [1.165, 1.54) is 47.4 Å². The summed E-state index contributed by atoms with van der Waals surface area (Å²) >= 11 is 0. The molecule has 1 amide bonds. The Morgan fingerprint density at radius 3 is 2.58 bits per heavy atom. The number of aliphatic hydroxyl groups excluding tert-OH is 1. The van der Waals surface area contributed by atoms with Crippen LogP contribution in [0.2, 0.25) is 0 Å². The fourth-order valence-electron chi connectivity index (χ4n) is 3.83. The Bertz CT molecular complexity index is 1440. The van der Waals surface area contributed by atoms with Crippen LogP contribution >= 0.6 is 0 Å². The molecule has 1 aliphatic rings. The number of alkyl halides is 3. The quantitative estimate of drug-likeness (QED) is 0.273. The number of aliphatic carboxylic acids is 1. The third-order valence-electron chi connectivity index (χ3n) is 5.60. The third-order valence-corrected chi connectivity index (χ3v) is 5.60. The predicted molar refractivity (Wildman–Crippen MR) is 119 cm³/mol. The van der Waals surface area contributed by atoms with Gasteiger partial charge in [0.1, 0.15) is 12.7 Å². The maximum atomic E-state index is 13.4. The number of H-pyrrole nitrogens is 1. The number of carboxylic acids is 1. The molecule has 2 aromatic carbocycles. The molecule has 0 unspecified atom stereocenters. The number of hydrogen-bond donors (Lipinski definition) is 2. The minimum atomic E-state index is -4.62. The minimum Gasteiger partial charge on any atom is -0.547 e. The topological polar surface area (TPSA) is 149 Å². The molecular formula is C24H18F3N2NaO8. The number of aliphatic hydroxyl groups is 1. The summed E-state index contributed by atoms with van der Waals surface area (Å²) in [7, 11) is 0. The number of halogens is 3. The van der Waals surface area contributed by atoms with Crippen molar-refractivity contribution >= 4 is 34.5 Å². The number of nitrogens with zero attached hydrogens (tertiary/aromatic N) is 1. The van der Waals surface area contributed by atoms with Crippen molar-refractivity contribution in [1.29, 1.82) is 0 Å². The summed E-state index contributed by atoms with van der Waals surface area (Å²) in [5.74, 6) is -2.87. The van der Waals surface area contributed by atoms with Crippen molar-refractivity contribution in [2.24, 2.45) is 0 Å². The van der Waals surface area contributed by atoms with E-state index >= 15 is 0 Å². The van der Waals surface area contributed by atoms with E-state index in [0.717, 1.165) is 6.07 Å². The Morgan fingerprint density at radius 2 is 1.89 bits per heavy atom. The number of carbonyl (C=O) groups is 3. The number of rotatable bonds is 7. The maximum Gasteiger partial charge on any atom is 1.00 e. The number of amides is 1. The van der Waals surface area contributed by atoms with Crippen LogP contribution in [-0.2, 0) is 25.2 Å². The summed E-state index contributed by atoms with van der Waals surface area (Å²) in [6, 6.07) is 10.6. The molecule has 4 rings (SSSR count). The van der Waals surface area contributed by atoms with Gasteiger partial charge in [-0.3, -0.25) is 14.5 Å². The number of cyclic esters (lactones) is 1. The number of benzene rings is 2. The number of esters is 1. The van der Waals surface area contributed by atoms with E-state index in [2.05, 4.69) is 4.98 Å². The predicted octanol–water partition coefficient (Wildman–Crippen LogP) is -1.41. The number of pyridine rings is 1. The molecule has 2 N–H and O–H groups in total. The second-order valence-corrected chi connectivity index (χ2v) is 8.17. The zero-order valence-electron chi connectivity index (χ0n) is 19.8. The second kappa shape index (κ2) is 11.6. The number of fused-ring (bicyclic) bond motifs is 1. The average Bonchev–Trinajstić information content (AvgIpc) is 3.22. The molecule has 0 bridgehead atoms. The van der Waals surface area contributed by atoms with Gasteiger partial charge in [0.15, 0.2) is 6.10 Å². The molecule has 1 saturated heterocycles. The van der Waals surface area contributed by atoms with E-state index in [9.17, 15) is 37.5 Å². The van der Waals surface area contributed by atoms with Crippen LogP contribution in [0.3, 0.4) is 0 Å². The first-order valence-electron chi connectivity index (χ1n) is 10.8. The van der Waals surface area contributed by atoms with Crippen molar-refractivity contribution < 1.29 is 76.8 Å². The van der Waals surface area contributed by atoms with Crippen LogP contribution < -0.4 is 45.1 Å². The number of carbonyl (C=O) groups excluding carboxylic acids is 3. The number of aromatic amines is 1. The van der Waals surface area contributed by atoms with E-state index in [-0.39, 0.29) is 58.4 Å². The van der Waals surface area contributed by atoms with Gasteiger partial charge in [0.2, 0.25) is 0 Å². The van der Waals surface area contributed by atoms with E-state index < -0.39 is 60.6 Å². The van der Waals surface area contributed by atoms with Crippen LogP contribution in [-0.4, -0.2) is 53.5 Å². The van der Waals surface area contributed by atoms with Crippen LogP contribution in [0.4, 0.5) is 23.7 Å². The van der Waals surface area contributed by atoms with Crippen molar-refractivity contribution in [3.8, 4) is 11.3 Å². The summed E-state index contributed by atoms with van der Waals surface area (Å²) in [4.78, 5) is 50.8. The van der Waals surface area contributed by atoms with Gasteiger partial charge >= 0.3 is 47.8 Å². The molecule has 38 heavy (non-hydrogen) atoms. The SMILES string of the molecule is O=C(C[C@H](O)C(=O)[O-])OC[C@@H]1CN(c2ccc3cc(-c4ccccc4C(F)(F)F)[nH]c(=O)c3c2)C(=O)O1.[Na+]. The van der Waals surface area contributed by atoms with Crippen molar-refractivity contribution in [2.45, 2.75) is 24.8 Å². The molecule has 0 radical (unpaired) electrons. The number of nitrogens with one attached hydrogen (secondary N) is 1. The number of aromatic nitrogens is 1. The second-order valence-electron chi connectivity index (χ2n) is 8.17. The van der Waals surface area contributed by atoms with Crippen molar-refractivity contribution in [2.75, 3.05) is 18.1 Å².